The van der Waals surface area contributed by atoms with Gasteiger partial charge in [-0.15, -0.1) is 0 Å². The van der Waals surface area contributed by atoms with Gasteiger partial charge in [0.25, 0.3) is 0 Å². The summed E-state index contributed by atoms with van der Waals surface area (Å²) in [5.41, 5.74) is 4.92. The number of nitrogens with zero attached hydrogens (tertiary/aromatic N) is 4. The zero-order chi connectivity index (χ0) is 14.2. The summed E-state index contributed by atoms with van der Waals surface area (Å²) in [6.07, 6.45) is 5.79. The third-order valence-corrected chi connectivity index (χ3v) is 4.68. The Labute approximate surface area is 125 Å². The van der Waals surface area contributed by atoms with Gasteiger partial charge in [0.1, 0.15) is 5.82 Å². The van der Waals surface area contributed by atoms with Crippen LogP contribution in [0.5, 0.6) is 0 Å². The molecule has 1 aliphatic carbocycles. The van der Waals surface area contributed by atoms with Gasteiger partial charge in [-0.3, -0.25) is 0 Å². The van der Waals surface area contributed by atoms with Crippen molar-refractivity contribution in [1.29, 1.82) is 0 Å². The normalized spacial score (nSPS) is 19.0. The highest BCUT2D eigenvalue weighted by atomic mass is 15.4. The molecule has 2 aromatic rings. The molecule has 2 aliphatic rings. The molecule has 3 heterocycles. The minimum absolute atomic E-state index is 0.967. The van der Waals surface area contributed by atoms with Crippen molar-refractivity contribution in [3.63, 3.8) is 0 Å². The first kappa shape index (κ1) is 13.1. The van der Waals surface area contributed by atoms with Gasteiger partial charge in [0, 0.05) is 43.5 Å². The molecule has 1 N–H and O–H groups in total. The predicted molar refractivity (Wildman–Crippen MR) is 84.1 cm³/mol. The largest absolute Gasteiger partial charge is 0.354 e. The summed E-state index contributed by atoms with van der Waals surface area (Å²) in [5.74, 6) is 1.32. The van der Waals surface area contributed by atoms with Crippen LogP contribution < -0.4 is 10.2 Å². The van der Waals surface area contributed by atoms with Crippen molar-refractivity contribution in [3.05, 3.63) is 23.0 Å². The van der Waals surface area contributed by atoms with Gasteiger partial charge < -0.3 is 10.2 Å². The Morgan fingerprint density at radius 2 is 2.00 bits per heavy atom. The van der Waals surface area contributed by atoms with Crippen LogP contribution in [-0.4, -0.2) is 40.8 Å². The molecule has 4 rings (SSSR count). The molecule has 21 heavy (non-hydrogen) atoms. The van der Waals surface area contributed by atoms with E-state index in [0.717, 1.165) is 56.8 Å². The van der Waals surface area contributed by atoms with Crippen LogP contribution in [0.1, 0.15) is 36.7 Å². The third kappa shape index (κ3) is 2.20. The van der Waals surface area contributed by atoms with Crippen LogP contribution in [0.2, 0.25) is 0 Å². The standard InChI is InChI=1S/C16H23N5/c1-2-12-11-15-18-14-6-4-3-5-13(14)16(21(15)19-12)20-9-7-17-8-10-20/h11,17H,2-10H2,1H3. The zero-order valence-electron chi connectivity index (χ0n) is 12.7. The van der Waals surface area contributed by atoms with Crippen molar-refractivity contribution in [1.82, 2.24) is 19.9 Å². The van der Waals surface area contributed by atoms with Gasteiger partial charge in [-0.05, 0) is 32.1 Å². The maximum atomic E-state index is 4.90. The Morgan fingerprint density at radius 3 is 2.81 bits per heavy atom. The molecule has 0 atom stereocenters. The minimum Gasteiger partial charge on any atom is -0.354 e. The van der Waals surface area contributed by atoms with E-state index in [-0.39, 0.29) is 0 Å². The second-order valence-electron chi connectivity index (χ2n) is 6.06. The van der Waals surface area contributed by atoms with E-state index in [9.17, 15) is 0 Å². The number of rotatable bonds is 2. The van der Waals surface area contributed by atoms with Crippen molar-refractivity contribution in [2.45, 2.75) is 39.0 Å². The molecular formula is C16H23N5. The van der Waals surface area contributed by atoms with Crippen LogP contribution in [0.15, 0.2) is 6.07 Å². The summed E-state index contributed by atoms with van der Waals surface area (Å²) in [6.45, 7) is 6.40. The van der Waals surface area contributed by atoms with Crippen LogP contribution in [-0.2, 0) is 19.3 Å². The number of anilines is 1. The molecule has 0 amide bonds. The van der Waals surface area contributed by atoms with E-state index >= 15 is 0 Å². The fraction of sp³-hybridized carbons (Fsp3) is 0.625. The number of aromatic nitrogens is 3. The maximum absolute atomic E-state index is 4.90. The lowest BCUT2D eigenvalue weighted by atomic mass is 9.96. The number of aryl methyl sites for hydroxylation is 2. The van der Waals surface area contributed by atoms with Crippen LogP contribution in [0.4, 0.5) is 5.82 Å². The topological polar surface area (TPSA) is 45.5 Å². The number of hydrogen-bond acceptors (Lipinski definition) is 4. The quantitative estimate of drug-likeness (QED) is 0.910. The van der Waals surface area contributed by atoms with Gasteiger partial charge in [-0.2, -0.15) is 9.61 Å². The van der Waals surface area contributed by atoms with Gasteiger partial charge in [0.2, 0.25) is 0 Å². The van der Waals surface area contributed by atoms with Gasteiger partial charge in [-0.1, -0.05) is 6.92 Å². The fourth-order valence-electron chi connectivity index (χ4n) is 3.55. The van der Waals surface area contributed by atoms with Gasteiger partial charge in [0.15, 0.2) is 5.65 Å². The second-order valence-corrected chi connectivity index (χ2v) is 6.06. The van der Waals surface area contributed by atoms with Crippen molar-refractivity contribution in [2.24, 2.45) is 0 Å². The van der Waals surface area contributed by atoms with E-state index < -0.39 is 0 Å². The SMILES string of the molecule is CCc1cc2nc3c(c(N4CCNCC4)n2n1)CCCC3. The Hall–Kier alpha value is -1.62. The molecular weight excluding hydrogens is 262 g/mol. The molecule has 0 saturated carbocycles. The maximum Gasteiger partial charge on any atom is 0.157 e. The van der Waals surface area contributed by atoms with Crippen molar-refractivity contribution in [3.8, 4) is 0 Å². The third-order valence-electron chi connectivity index (χ3n) is 4.68. The Balaban J connectivity index is 1.92. The Morgan fingerprint density at radius 1 is 1.19 bits per heavy atom. The van der Waals surface area contributed by atoms with E-state index in [0.29, 0.717) is 0 Å². The summed E-state index contributed by atoms with van der Waals surface area (Å²) >= 11 is 0. The molecule has 0 aromatic carbocycles. The molecule has 5 nitrogen and oxygen atoms in total. The number of nitrogens with one attached hydrogen (secondary N) is 1. The first-order chi connectivity index (χ1) is 10.4. The Bertz CT molecular complexity index is 654. The van der Waals surface area contributed by atoms with Crippen molar-refractivity contribution in [2.75, 3.05) is 31.1 Å². The van der Waals surface area contributed by atoms with Gasteiger partial charge in [0.05, 0.1) is 5.69 Å². The first-order valence-corrected chi connectivity index (χ1v) is 8.23. The predicted octanol–water partition coefficient (Wildman–Crippen LogP) is 1.58. The highest BCUT2D eigenvalue weighted by Gasteiger charge is 2.24. The fourth-order valence-corrected chi connectivity index (χ4v) is 3.55. The van der Waals surface area contributed by atoms with E-state index in [1.165, 1.54) is 29.9 Å². The number of fused-ring (bicyclic) bond motifs is 2. The molecule has 1 aliphatic heterocycles. The molecule has 5 heteroatoms. The van der Waals surface area contributed by atoms with E-state index in [1.54, 1.807) is 0 Å². The molecule has 112 valence electrons. The average Bonchev–Trinajstić information content (AvgIpc) is 2.96. The Kier molecular flexibility index (Phi) is 3.30. The summed E-state index contributed by atoms with van der Waals surface area (Å²) < 4.78 is 2.11. The van der Waals surface area contributed by atoms with Gasteiger partial charge in [-0.25, -0.2) is 4.98 Å². The van der Waals surface area contributed by atoms with E-state index in [2.05, 4.69) is 27.7 Å². The molecule has 1 fully saturated rings. The molecule has 0 spiro atoms. The van der Waals surface area contributed by atoms with Gasteiger partial charge >= 0.3 is 0 Å². The molecule has 0 bridgehead atoms. The monoisotopic (exact) mass is 285 g/mol. The van der Waals surface area contributed by atoms with Crippen LogP contribution in [0, 0.1) is 0 Å². The zero-order valence-corrected chi connectivity index (χ0v) is 12.7. The number of hydrogen-bond donors (Lipinski definition) is 1. The molecule has 1 saturated heterocycles. The number of piperazine rings is 1. The van der Waals surface area contributed by atoms with E-state index in [4.69, 9.17) is 10.1 Å². The van der Waals surface area contributed by atoms with Crippen molar-refractivity contribution < 1.29 is 0 Å². The lowest BCUT2D eigenvalue weighted by Crippen LogP contribution is -2.45. The molecule has 0 radical (unpaired) electrons. The lowest BCUT2D eigenvalue weighted by Gasteiger charge is -2.32. The average molecular weight is 285 g/mol. The lowest BCUT2D eigenvalue weighted by molar-refractivity contribution is 0.570. The minimum atomic E-state index is 0.967. The van der Waals surface area contributed by atoms with E-state index in [1.807, 2.05) is 0 Å². The summed E-state index contributed by atoms with van der Waals surface area (Å²) in [4.78, 5) is 7.40. The first-order valence-electron chi connectivity index (χ1n) is 8.23. The van der Waals surface area contributed by atoms with Crippen LogP contribution in [0.25, 0.3) is 5.65 Å². The second kappa shape index (κ2) is 5.30. The summed E-state index contributed by atoms with van der Waals surface area (Å²) in [5, 5.41) is 8.25. The van der Waals surface area contributed by atoms with Crippen LogP contribution >= 0.6 is 0 Å². The van der Waals surface area contributed by atoms with Crippen LogP contribution in [0.3, 0.4) is 0 Å². The summed E-state index contributed by atoms with van der Waals surface area (Å²) in [6, 6.07) is 2.15. The highest BCUT2D eigenvalue weighted by Crippen LogP contribution is 2.30. The highest BCUT2D eigenvalue weighted by molar-refractivity contribution is 5.58. The smallest absolute Gasteiger partial charge is 0.157 e. The van der Waals surface area contributed by atoms with Crippen molar-refractivity contribution >= 4 is 11.5 Å². The molecule has 0 unspecified atom stereocenters. The summed E-state index contributed by atoms with van der Waals surface area (Å²) in [7, 11) is 0. The molecule has 2 aromatic heterocycles.